The summed E-state index contributed by atoms with van der Waals surface area (Å²) in [5, 5.41) is 4.56. The molecular formula is C30H46ClN3. The lowest BCUT2D eigenvalue weighted by Crippen LogP contribution is -2.18. The molecule has 0 saturated heterocycles. The van der Waals surface area contributed by atoms with Gasteiger partial charge in [-0.25, -0.2) is 4.98 Å². The van der Waals surface area contributed by atoms with Gasteiger partial charge in [0.2, 0.25) is 0 Å². The summed E-state index contributed by atoms with van der Waals surface area (Å²) < 4.78 is 2.34. The van der Waals surface area contributed by atoms with E-state index in [-0.39, 0.29) is 0 Å². The molecule has 3 aromatic rings. The van der Waals surface area contributed by atoms with Crippen LogP contribution in [0.25, 0.3) is 22.4 Å². The molecule has 0 unspecified atom stereocenters. The molecule has 0 bridgehead atoms. The first-order valence-electron chi connectivity index (χ1n) is 13.5. The van der Waals surface area contributed by atoms with Crippen LogP contribution in [-0.4, -0.2) is 15.6 Å². The normalized spacial score (nSPS) is 14.1. The summed E-state index contributed by atoms with van der Waals surface area (Å²) in [4.78, 5) is 5.02. The van der Waals surface area contributed by atoms with Crippen LogP contribution in [0.1, 0.15) is 92.1 Å². The lowest BCUT2D eigenvalue weighted by Gasteiger charge is -2.19. The van der Waals surface area contributed by atoms with Gasteiger partial charge in [-0.15, -0.1) is 0 Å². The van der Waals surface area contributed by atoms with E-state index in [0.717, 1.165) is 28.4 Å². The maximum atomic E-state index is 6.31. The van der Waals surface area contributed by atoms with Gasteiger partial charge in [-0.05, 0) is 61.6 Å². The Balaban J connectivity index is 0.000000758. The van der Waals surface area contributed by atoms with E-state index in [4.69, 9.17) is 16.6 Å². The van der Waals surface area contributed by atoms with Crippen LogP contribution in [0.5, 0.6) is 0 Å². The van der Waals surface area contributed by atoms with Gasteiger partial charge < -0.3 is 9.88 Å². The highest BCUT2D eigenvalue weighted by molar-refractivity contribution is 6.31. The van der Waals surface area contributed by atoms with Crippen molar-refractivity contribution in [3.8, 4) is 11.4 Å². The van der Waals surface area contributed by atoms with Crippen LogP contribution < -0.4 is 5.32 Å². The second-order valence-electron chi connectivity index (χ2n) is 9.64. The minimum Gasteiger partial charge on any atom is -0.382 e. The molecule has 1 fully saturated rings. The van der Waals surface area contributed by atoms with Gasteiger partial charge in [0.25, 0.3) is 0 Å². The Morgan fingerprint density at radius 1 is 1.00 bits per heavy atom. The van der Waals surface area contributed by atoms with Crippen LogP contribution in [0, 0.1) is 12.8 Å². The molecule has 1 N–H and O–H groups in total. The monoisotopic (exact) mass is 483 g/mol. The van der Waals surface area contributed by atoms with Crippen molar-refractivity contribution in [2.45, 2.75) is 106 Å². The number of nitrogens with zero attached hydrogens (tertiary/aromatic N) is 2. The number of benzene rings is 2. The Labute approximate surface area is 213 Å². The minimum atomic E-state index is 0.526. The first-order valence-corrected chi connectivity index (χ1v) is 13.8. The predicted molar refractivity (Wildman–Crippen MR) is 152 cm³/mol. The Morgan fingerprint density at radius 3 is 2.26 bits per heavy atom. The summed E-state index contributed by atoms with van der Waals surface area (Å²) in [6, 6.07) is 13.3. The number of aryl methyl sites for hydroxylation is 1. The first kappa shape index (κ1) is 28.2. The number of nitrogens with one attached hydrogen (secondary N) is 1. The smallest absolute Gasteiger partial charge is 0.141 e. The second-order valence-corrected chi connectivity index (χ2v) is 10.1. The number of imidazole rings is 1. The van der Waals surface area contributed by atoms with Crippen molar-refractivity contribution in [2.75, 3.05) is 5.32 Å². The third-order valence-electron chi connectivity index (χ3n) is 5.96. The molecule has 3 nitrogen and oxygen atoms in total. The van der Waals surface area contributed by atoms with Gasteiger partial charge >= 0.3 is 0 Å². The fourth-order valence-corrected chi connectivity index (χ4v) is 4.63. The fraction of sp³-hybridized carbons (Fsp3) is 0.567. The van der Waals surface area contributed by atoms with E-state index in [9.17, 15) is 0 Å². The third kappa shape index (κ3) is 7.77. The molecule has 4 heteroatoms. The zero-order valence-electron chi connectivity index (χ0n) is 22.5. The molecule has 0 atom stereocenters. The minimum absolute atomic E-state index is 0.526. The second kappa shape index (κ2) is 14.4. The molecule has 4 rings (SSSR count). The van der Waals surface area contributed by atoms with Crippen molar-refractivity contribution in [1.29, 1.82) is 0 Å². The number of rotatable bonds is 5. The largest absolute Gasteiger partial charge is 0.382 e. The van der Waals surface area contributed by atoms with Crippen molar-refractivity contribution in [1.82, 2.24) is 9.55 Å². The number of hydrogen-bond acceptors (Lipinski definition) is 2. The lowest BCUT2D eigenvalue weighted by molar-refractivity contribution is 0.536. The van der Waals surface area contributed by atoms with E-state index in [2.05, 4.69) is 62.7 Å². The van der Waals surface area contributed by atoms with Crippen molar-refractivity contribution in [3.63, 3.8) is 0 Å². The molecule has 1 heterocycles. The van der Waals surface area contributed by atoms with Gasteiger partial charge in [-0.2, -0.15) is 0 Å². The topological polar surface area (TPSA) is 29.9 Å². The number of aromatic nitrogens is 2. The fourth-order valence-electron chi connectivity index (χ4n) is 4.46. The average Bonchev–Trinajstić information content (AvgIpc) is 2.97. The molecule has 2 aromatic carbocycles. The van der Waals surface area contributed by atoms with Crippen LogP contribution in [0.3, 0.4) is 0 Å². The molecule has 0 radical (unpaired) electrons. The van der Waals surface area contributed by atoms with Gasteiger partial charge in [0.1, 0.15) is 5.82 Å². The highest BCUT2D eigenvalue weighted by Gasteiger charge is 2.17. The Hall–Kier alpha value is -2.00. The summed E-state index contributed by atoms with van der Waals surface area (Å²) in [6.07, 6.45) is 9.21. The van der Waals surface area contributed by atoms with Gasteiger partial charge in [0, 0.05) is 28.9 Å². The van der Waals surface area contributed by atoms with E-state index < -0.39 is 0 Å². The highest BCUT2D eigenvalue weighted by atomic mass is 35.5. The van der Waals surface area contributed by atoms with Crippen LogP contribution in [0.2, 0.25) is 5.02 Å². The quantitative estimate of drug-likeness (QED) is 0.366. The standard InChI is InChI=1S/C25H32ClN3.C3H8.C2H6/c1-17(2)16-29-24-14-19(26)11-13-23(24)28-25(29)22-15-21(12-10-18(22)3)27-20-8-6-4-5-7-9-20;1-3-2;1-2/h10-15,17,20,27H,4-9,16H2,1-3H3;3H2,1-2H3;1-2H3. The molecular weight excluding hydrogens is 438 g/mol. The molecule has 188 valence electrons. The number of halogens is 1. The zero-order chi connectivity index (χ0) is 25.1. The Bertz CT molecular complexity index is 998. The van der Waals surface area contributed by atoms with Crippen LogP contribution in [-0.2, 0) is 6.54 Å². The van der Waals surface area contributed by atoms with Gasteiger partial charge in [0.05, 0.1) is 11.0 Å². The molecule has 1 aliphatic rings. The van der Waals surface area contributed by atoms with Crippen molar-refractivity contribution < 1.29 is 0 Å². The van der Waals surface area contributed by atoms with E-state index in [1.165, 1.54) is 61.8 Å². The number of anilines is 1. The van der Waals surface area contributed by atoms with E-state index in [1.807, 2.05) is 32.0 Å². The van der Waals surface area contributed by atoms with Crippen molar-refractivity contribution >= 4 is 28.3 Å². The molecule has 34 heavy (non-hydrogen) atoms. The Kier molecular flexibility index (Phi) is 12.0. The molecule has 0 amide bonds. The number of hydrogen-bond donors (Lipinski definition) is 1. The van der Waals surface area contributed by atoms with Crippen LogP contribution >= 0.6 is 11.6 Å². The van der Waals surface area contributed by atoms with Crippen LogP contribution in [0.4, 0.5) is 5.69 Å². The van der Waals surface area contributed by atoms with Gasteiger partial charge in [-0.1, -0.05) is 91.3 Å². The maximum absolute atomic E-state index is 6.31. The average molecular weight is 484 g/mol. The molecule has 1 saturated carbocycles. The SMILES string of the molecule is CC.CCC.Cc1ccc(NC2CCCCCC2)cc1-c1nc2ccc(Cl)cc2n1CC(C)C. The third-order valence-corrected chi connectivity index (χ3v) is 6.20. The Morgan fingerprint density at radius 2 is 1.65 bits per heavy atom. The first-order chi connectivity index (χ1) is 16.4. The van der Waals surface area contributed by atoms with Crippen LogP contribution in [0.15, 0.2) is 36.4 Å². The van der Waals surface area contributed by atoms with Gasteiger partial charge in [-0.3, -0.25) is 0 Å². The highest BCUT2D eigenvalue weighted by Crippen LogP contribution is 2.32. The lowest BCUT2D eigenvalue weighted by atomic mass is 10.0. The molecule has 1 aliphatic carbocycles. The molecule has 1 aromatic heterocycles. The molecule has 0 spiro atoms. The van der Waals surface area contributed by atoms with E-state index in [0.29, 0.717) is 12.0 Å². The predicted octanol–water partition coefficient (Wildman–Crippen LogP) is 9.90. The van der Waals surface area contributed by atoms with E-state index in [1.54, 1.807) is 0 Å². The van der Waals surface area contributed by atoms with Gasteiger partial charge in [0.15, 0.2) is 0 Å². The summed E-state index contributed by atoms with van der Waals surface area (Å²) in [5.74, 6) is 1.57. The number of fused-ring (bicyclic) bond motifs is 1. The summed E-state index contributed by atoms with van der Waals surface area (Å²) in [6.45, 7) is 15.8. The summed E-state index contributed by atoms with van der Waals surface area (Å²) in [5.41, 5.74) is 5.78. The van der Waals surface area contributed by atoms with E-state index >= 15 is 0 Å². The summed E-state index contributed by atoms with van der Waals surface area (Å²) in [7, 11) is 0. The zero-order valence-corrected chi connectivity index (χ0v) is 23.3. The summed E-state index contributed by atoms with van der Waals surface area (Å²) >= 11 is 6.31. The molecule has 0 aliphatic heterocycles. The van der Waals surface area contributed by atoms with Crippen molar-refractivity contribution in [2.24, 2.45) is 5.92 Å². The van der Waals surface area contributed by atoms with Crippen molar-refractivity contribution in [3.05, 3.63) is 47.0 Å². The maximum Gasteiger partial charge on any atom is 0.141 e.